The lowest BCUT2D eigenvalue weighted by molar-refractivity contribution is 0.0597. The molecule has 4 heteroatoms. The third kappa shape index (κ3) is 3.37. The van der Waals surface area contributed by atoms with Crippen LogP contribution in [-0.4, -0.2) is 20.2 Å². The zero-order chi connectivity index (χ0) is 13.0. The second kappa shape index (κ2) is 5.92. The molecule has 1 rings (SSSR count). The summed E-state index contributed by atoms with van der Waals surface area (Å²) in [7, 11) is 2.83. The predicted molar refractivity (Wildman–Crippen MR) is 67.9 cm³/mol. The van der Waals surface area contributed by atoms with E-state index in [1.54, 1.807) is 6.07 Å². The lowest BCUT2D eigenvalue weighted by Gasteiger charge is -2.12. The Labute approximate surface area is 107 Å². The smallest absolute Gasteiger partial charge is 0.343 e. The Morgan fingerprint density at radius 1 is 1.35 bits per heavy atom. The van der Waals surface area contributed by atoms with Gasteiger partial charge in [-0.05, 0) is 30.0 Å². The van der Waals surface area contributed by atoms with Crippen LogP contribution in [0, 0.1) is 5.92 Å². The van der Waals surface area contributed by atoms with E-state index in [0.29, 0.717) is 16.7 Å². The van der Waals surface area contributed by atoms with Crippen molar-refractivity contribution in [2.75, 3.05) is 14.2 Å². The Balaban J connectivity index is 3.20. The number of hydrogen-bond acceptors (Lipinski definition) is 3. The van der Waals surface area contributed by atoms with Crippen LogP contribution in [0.15, 0.2) is 12.1 Å². The molecule has 0 aliphatic carbocycles. The van der Waals surface area contributed by atoms with Crippen molar-refractivity contribution in [1.82, 2.24) is 0 Å². The first-order valence-electron chi connectivity index (χ1n) is 5.44. The minimum Gasteiger partial charge on any atom is -0.496 e. The van der Waals surface area contributed by atoms with Gasteiger partial charge < -0.3 is 9.47 Å². The second-order valence-electron chi connectivity index (χ2n) is 4.24. The fourth-order valence-corrected chi connectivity index (χ4v) is 2.00. The normalized spacial score (nSPS) is 10.5. The van der Waals surface area contributed by atoms with Gasteiger partial charge in [0, 0.05) is 0 Å². The minimum absolute atomic E-state index is 0.282. The van der Waals surface area contributed by atoms with Crippen molar-refractivity contribution in [2.45, 2.75) is 20.3 Å². The lowest BCUT2D eigenvalue weighted by atomic mass is 10.0. The first-order chi connectivity index (χ1) is 7.99. The van der Waals surface area contributed by atoms with E-state index in [-0.39, 0.29) is 5.56 Å². The van der Waals surface area contributed by atoms with Crippen LogP contribution in [0.1, 0.15) is 29.8 Å². The number of methoxy groups -OCH3 is 2. The van der Waals surface area contributed by atoms with Gasteiger partial charge in [0.1, 0.15) is 11.3 Å². The average molecular weight is 257 g/mol. The van der Waals surface area contributed by atoms with Gasteiger partial charge in [-0.2, -0.15) is 0 Å². The van der Waals surface area contributed by atoms with Crippen LogP contribution in [0.2, 0.25) is 5.02 Å². The molecule has 0 radical (unpaired) electrons. The molecule has 0 atom stereocenters. The number of rotatable bonds is 4. The molecule has 0 amide bonds. The third-order valence-corrected chi connectivity index (χ3v) is 2.67. The zero-order valence-corrected chi connectivity index (χ0v) is 11.3. The molecule has 0 spiro atoms. The van der Waals surface area contributed by atoms with Gasteiger partial charge in [-0.15, -0.1) is 0 Å². The summed E-state index contributed by atoms with van der Waals surface area (Å²) >= 11 is 6.09. The van der Waals surface area contributed by atoms with E-state index in [0.717, 1.165) is 12.0 Å². The molecule has 17 heavy (non-hydrogen) atoms. The molecule has 0 aromatic heterocycles. The molecular weight excluding hydrogens is 240 g/mol. The molecule has 0 bridgehead atoms. The molecular formula is C13H17ClO3. The van der Waals surface area contributed by atoms with Crippen molar-refractivity contribution in [3.63, 3.8) is 0 Å². The number of ether oxygens (including phenoxy) is 2. The van der Waals surface area contributed by atoms with E-state index in [1.807, 2.05) is 6.07 Å². The first-order valence-corrected chi connectivity index (χ1v) is 5.82. The van der Waals surface area contributed by atoms with Gasteiger partial charge in [0.2, 0.25) is 0 Å². The largest absolute Gasteiger partial charge is 0.496 e. The van der Waals surface area contributed by atoms with E-state index >= 15 is 0 Å². The molecule has 0 saturated heterocycles. The summed E-state index contributed by atoms with van der Waals surface area (Å²) in [6.07, 6.45) is 0.886. The third-order valence-electron chi connectivity index (χ3n) is 2.37. The summed E-state index contributed by atoms with van der Waals surface area (Å²) in [4.78, 5) is 11.6. The van der Waals surface area contributed by atoms with Gasteiger partial charge in [0.25, 0.3) is 0 Å². The quantitative estimate of drug-likeness (QED) is 0.775. The Hall–Kier alpha value is -1.22. The van der Waals surface area contributed by atoms with Crippen LogP contribution in [0.4, 0.5) is 0 Å². The van der Waals surface area contributed by atoms with Crippen LogP contribution in [0.5, 0.6) is 5.75 Å². The second-order valence-corrected chi connectivity index (χ2v) is 4.65. The molecule has 0 fully saturated rings. The number of carbonyl (C=O) groups is 1. The van der Waals surface area contributed by atoms with Gasteiger partial charge in [-0.25, -0.2) is 4.79 Å². The van der Waals surface area contributed by atoms with E-state index in [9.17, 15) is 4.79 Å². The summed E-state index contributed by atoms with van der Waals surface area (Å²) in [6, 6.07) is 3.62. The molecule has 0 N–H and O–H groups in total. The molecule has 0 saturated carbocycles. The number of benzene rings is 1. The predicted octanol–water partition coefficient (Wildman–Crippen LogP) is 3.33. The number of esters is 1. The van der Waals surface area contributed by atoms with Crippen LogP contribution < -0.4 is 4.74 Å². The van der Waals surface area contributed by atoms with Crippen molar-refractivity contribution in [1.29, 1.82) is 0 Å². The number of carbonyl (C=O) groups excluding carboxylic acids is 1. The summed E-state index contributed by atoms with van der Waals surface area (Å²) in [6.45, 7) is 4.24. The lowest BCUT2D eigenvalue weighted by Crippen LogP contribution is -2.06. The Bertz CT molecular complexity index is 413. The van der Waals surface area contributed by atoms with Crippen LogP contribution in [-0.2, 0) is 11.2 Å². The van der Waals surface area contributed by atoms with Gasteiger partial charge >= 0.3 is 5.97 Å². The highest BCUT2D eigenvalue weighted by Crippen LogP contribution is 2.30. The van der Waals surface area contributed by atoms with Crippen molar-refractivity contribution in [2.24, 2.45) is 5.92 Å². The Morgan fingerprint density at radius 3 is 2.47 bits per heavy atom. The SMILES string of the molecule is COC(=O)c1c(Cl)cc(CC(C)C)cc1OC. The van der Waals surface area contributed by atoms with Crippen LogP contribution in [0.3, 0.4) is 0 Å². The summed E-state index contributed by atoms with van der Waals surface area (Å²) in [5, 5.41) is 0.367. The molecule has 94 valence electrons. The number of hydrogen-bond donors (Lipinski definition) is 0. The molecule has 1 aromatic rings. The number of halogens is 1. The fraction of sp³-hybridized carbons (Fsp3) is 0.462. The van der Waals surface area contributed by atoms with Gasteiger partial charge in [-0.3, -0.25) is 0 Å². The highest BCUT2D eigenvalue weighted by atomic mass is 35.5. The minimum atomic E-state index is -0.483. The maximum absolute atomic E-state index is 11.6. The van der Waals surface area contributed by atoms with Crippen molar-refractivity contribution >= 4 is 17.6 Å². The zero-order valence-electron chi connectivity index (χ0n) is 10.5. The highest BCUT2D eigenvalue weighted by molar-refractivity contribution is 6.34. The Morgan fingerprint density at radius 2 is 2.00 bits per heavy atom. The molecule has 0 heterocycles. The molecule has 0 aliphatic rings. The first kappa shape index (κ1) is 13.8. The summed E-state index contributed by atoms with van der Waals surface area (Å²) < 4.78 is 9.86. The van der Waals surface area contributed by atoms with E-state index < -0.39 is 5.97 Å². The highest BCUT2D eigenvalue weighted by Gasteiger charge is 2.18. The summed E-state index contributed by atoms with van der Waals surface area (Å²) in [5.74, 6) is 0.489. The van der Waals surface area contributed by atoms with Crippen LogP contribution >= 0.6 is 11.6 Å². The molecule has 0 aliphatic heterocycles. The Kier molecular flexibility index (Phi) is 4.82. The maximum atomic E-state index is 11.6. The fourth-order valence-electron chi connectivity index (χ4n) is 1.69. The van der Waals surface area contributed by atoms with Gasteiger partial charge in [-0.1, -0.05) is 25.4 Å². The van der Waals surface area contributed by atoms with Crippen LogP contribution in [0.25, 0.3) is 0 Å². The van der Waals surface area contributed by atoms with Gasteiger partial charge in [0.05, 0.1) is 19.2 Å². The van der Waals surface area contributed by atoms with E-state index in [4.69, 9.17) is 16.3 Å². The topological polar surface area (TPSA) is 35.5 Å². The van der Waals surface area contributed by atoms with Crippen molar-refractivity contribution in [3.05, 3.63) is 28.3 Å². The monoisotopic (exact) mass is 256 g/mol. The van der Waals surface area contributed by atoms with Gasteiger partial charge in [0.15, 0.2) is 0 Å². The van der Waals surface area contributed by atoms with E-state index in [2.05, 4.69) is 18.6 Å². The summed E-state index contributed by atoms with van der Waals surface area (Å²) in [5.41, 5.74) is 1.33. The molecule has 1 aromatic carbocycles. The van der Waals surface area contributed by atoms with Crippen molar-refractivity contribution < 1.29 is 14.3 Å². The maximum Gasteiger partial charge on any atom is 0.343 e. The van der Waals surface area contributed by atoms with Crippen molar-refractivity contribution in [3.8, 4) is 5.75 Å². The molecule has 3 nitrogen and oxygen atoms in total. The molecule has 0 unspecified atom stereocenters. The van der Waals surface area contributed by atoms with E-state index in [1.165, 1.54) is 14.2 Å². The standard InChI is InChI=1S/C13H17ClO3/c1-8(2)5-9-6-10(14)12(13(15)17-4)11(7-9)16-3/h6-8H,5H2,1-4H3. The average Bonchev–Trinajstić information content (AvgIpc) is 2.26.